The van der Waals surface area contributed by atoms with E-state index in [9.17, 15) is 0 Å². The van der Waals surface area contributed by atoms with Crippen LogP contribution in [0, 0.1) is 0 Å². The largest absolute Gasteiger partial charge is 0.496 e. The van der Waals surface area contributed by atoms with Gasteiger partial charge in [0, 0.05) is 15.3 Å². The fraction of sp³-hybridized carbons (Fsp3) is 0.231. The average Bonchev–Trinajstić information content (AvgIpc) is 2.86. The lowest BCUT2D eigenvalue weighted by Crippen LogP contribution is -2.29. The maximum absolute atomic E-state index is 6.16. The van der Waals surface area contributed by atoms with Crippen molar-refractivity contribution in [1.29, 1.82) is 0 Å². The van der Waals surface area contributed by atoms with Gasteiger partial charge in [0.2, 0.25) is 0 Å². The van der Waals surface area contributed by atoms with Crippen molar-refractivity contribution in [1.82, 2.24) is 5.43 Å². The summed E-state index contributed by atoms with van der Waals surface area (Å²) >= 11 is 7.78. The lowest BCUT2D eigenvalue weighted by atomic mass is 10.1. The first-order valence-electron chi connectivity index (χ1n) is 5.56. The zero-order chi connectivity index (χ0) is 13.0. The molecule has 0 aliphatic carbocycles. The summed E-state index contributed by atoms with van der Waals surface area (Å²) in [5, 5.41) is 2.73. The molecule has 96 valence electrons. The van der Waals surface area contributed by atoms with Crippen LogP contribution in [0.2, 0.25) is 5.02 Å². The molecule has 0 spiro atoms. The van der Waals surface area contributed by atoms with Crippen LogP contribution in [0.25, 0.3) is 0 Å². The molecule has 3 nitrogen and oxygen atoms in total. The Bertz CT molecular complexity index is 515. The number of nitrogens with two attached hydrogens (primary N) is 1. The first-order valence-corrected chi connectivity index (χ1v) is 6.82. The Kier molecular flexibility index (Phi) is 4.60. The molecule has 3 N–H and O–H groups in total. The van der Waals surface area contributed by atoms with Crippen LogP contribution in [0.5, 0.6) is 5.75 Å². The number of hydrazine groups is 1. The first-order chi connectivity index (χ1) is 8.74. The number of benzene rings is 1. The third kappa shape index (κ3) is 3.03. The van der Waals surface area contributed by atoms with Crippen molar-refractivity contribution in [2.24, 2.45) is 5.84 Å². The van der Waals surface area contributed by atoms with Gasteiger partial charge in [-0.3, -0.25) is 11.3 Å². The fourth-order valence-corrected chi connectivity index (χ4v) is 2.88. The molecular formula is C13H15ClN2OS. The summed E-state index contributed by atoms with van der Waals surface area (Å²) in [6.45, 7) is 0. The summed E-state index contributed by atoms with van der Waals surface area (Å²) in [6.07, 6.45) is 0.750. The number of halogens is 1. The van der Waals surface area contributed by atoms with Crippen LogP contribution in [-0.4, -0.2) is 7.11 Å². The third-order valence-corrected chi connectivity index (χ3v) is 4.15. The van der Waals surface area contributed by atoms with Gasteiger partial charge in [-0.1, -0.05) is 29.8 Å². The number of methoxy groups -OCH3 is 1. The highest BCUT2D eigenvalue weighted by Gasteiger charge is 2.14. The molecule has 0 fully saturated rings. The highest BCUT2D eigenvalue weighted by Crippen LogP contribution is 2.30. The molecule has 2 aromatic rings. The fourth-order valence-electron chi connectivity index (χ4n) is 1.75. The molecule has 1 aromatic heterocycles. The Labute approximate surface area is 116 Å². The van der Waals surface area contributed by atoms with Gasteiger partial charge in [0.25, 0.3) is 0 Å². The smallest absolute Gasteiger partial charge is 0.129 e. The van der Waals surface area contributed by atoms with Crippen LogP contribution in [0.1, 0.15) is 16.5 Å². The van der Waals surface area contributed by atoms with Crippen LogP contribution < -0.4 is 16.0 Å². The predicted octanol–water partition coefficient (Wildman–Crippen LogP) is 3.16. The van der Waals surface area contributed by atoms with Crippen LogP contribution >= 0.6 is 22.9 Å². The second-order valence-electron chi connectivity index (χ2n) is 3.90. The summed E-state index contributed by atoms with van der Waals surface area (Å²) in [4.78, 5) is 1.13. The molecule has 0 radical (unpaired) electrons. The highest BCUT2D eigenvalue weighted by molar-refractivity contribution is 7.10. The van der Waals surface area contributed by atoms with Crippen LogP contribution in [0.4, 0.5) is 0 Å². The Morgan fingerprint density at radius 2 is 2.22 bits per heavy atom. The van der Waals surface area contributed by atoms with Gasteiger partial charge < -0.3 is 4.74 Å². The van der Waals surface area contributed by atoms with E-state index in [4.69, 9.17) is 22.2 Å². The number of hydrogen-bond donors (Lipinski definition) is 2. The first kappa shape index (κ1) is 13.4. The molecule has 1 atom stereocenters. The van der Waals surface area contributed by atoms with E-state index in [2.05, 4.69) is 5.43 Å². The van der Waals surface area contributed by atoms with Crippen molar-refractivity contribution >= 4 is 22.9 Å². The van der Waals surface area contributed by atoms with Crippen molar-refractivity contribution in [3.63, 3.8) is 0 Å². The molecule has 1 unspecified atom stereocenters. The van der Waals surface area contributed by atoms with Crippen molar-refractivity contribution in [2.45, 2.75) is 12.5 Å². The molecule has 0 amide bonds. The second-order valence-corrected chi connectivity index (χ2v) is 5.25. The molecule has 5 heteroatoms. The molecule has 0 aliphatic rings. The Morgan fingerprint density at radius 3 is 2.83 bits per heavy atom. The van der Waals surface area contributed by atoms with E-state index < -0.39 is 0 Å². The number of nitrogens with one attached hydrogen (secondary N) is 1. The maximum Gasteiger partial charge on any atom is 0.129 e. The lowest BCUT2D eigenvalue weighted by Gasteiger charge is -2.15. The zero-order valence-electron chi connectivity index (χ0n) is 10.0. The zero-order valence-corrected chi connectivity index (χ0v) is 11.6. The van der Waals surface area contributed by atoms with Gasteiger partial charge in [0.05, 0.1) is 13.2 Å². The van der Waals surface area contributed by atoms with E-state index in [0.717, 1.165) is 27.6 Å². The molecule has 18 heavy (non-hydrogen) atoms. The highest BCUT2D eigenvalue weighted by atomic mass is 35.5. The SMILES string of the molecule is COc1csc(C(Cc2ccccc2Cl)NN)c1. The third-order valence-electron chi connectivity index (χ3n) is 2.76. The van der Waals surface area contributed by atoms with E-state index in [0.29, 0.717) is 0 Å². The van der Waals surface area contributed by atoms with Crippen molar-refractivity contribution < 1.29 is 4.74 Å². The van der Waals surface area contributed by atoms with Gasteiger partial charge in [-0.2, -0.15) is 0 Å². The molecule has 0 bridgehead atoms. The number of hydrogen-bond acceptors (Lipinski definition) is 4. The topological polar surface area (TPSA) is 47.3 Å². The quantitative estimate of drug-likeness (QED) is 0.654. The summed E-state index contributed by atoms with van der Waals surface area (Å²) in [5.74, 6) is 6.48. The van der Waals surface area contributed by atoms with Crippen LogP contribution in [-0.2, 0) is 6.42 Å². The van der Waals surface area contributed by atoms with E-state index in [1.54, 1.807) is 18.4 Å². The van der Waals surface area contributed by atoms with Crippen LogP contribution in [0.3, 0.4) is 0 Å². The maximum atomic E-state index is 6.16. The average molecular weight is 283 g/mol. The standard InChI is InChI=1S/C13H15ClN2OS/c1-17-10-7-13(18-8-10)12(16-15)6-9-4-2-3-5-11(9)14/h2-5,7-8,12,16H,6,15H2,1H3. The van der Waals surface area contributed by atoms with Gasteiger partial charge in [-0.05, 0) is 24.1 Å². The molecule has 0 saturated heterocycles. The van der Waals surface area contributed by atoms with Crippen molar-refractivity contribution in [2.75, 3.05) is 7.11 Å². The summed E-state index contributed by atoms with van der Waals surface area (Å²) in [6, 6.07) is 9.83. The second kappa shape index (κ2) is 6.20. The van der Waals surface area contributed by atoms with Gasteiger partial charge in [0.15, 0.2) is 0 Å². The normalized spacial score (nSPS) is 12.4. The lowest BCUT2D eigenvalue weighted by molar-refractivity contribution is 0.415. The number of rotatable bonds is 5. The van der Waals surface area contributed by atoms with Crippen LogP contribution in [0.15, 0.2) is 35.7 Å². The van der Waals surface area contributed by atoms with E-state index in [1.807, 2.05) is 35.7 Å². The molecular weight excluding hydrogens is 268 g/mol. The molecule has 2 rings (SSSR count). The molecule has 0 aliphatic heterocycles. The van der Waals surface area contributed by atoms with Crippen molar-refractivity contribution in [3.05, 3.63) is 51.2 Å². The number of ether oxygens (including phenoxy) is 1. The van der Waals surface area contributed by atoms with Gasteiger partial charge >= 0.3 is 0 Å². The molecule has 1 aromatic carbocycles. The predicted molar refractivity (Wildman–Crippen MR) is 76.1 cm³/mol. The Morgan fingerprint density at radius 1 is 1.44 bits per heavy atom. The summed E-state index contributed by atoms with van der Waals surface area (Å²) in [7, 11) is 1.66. The molecule has 0 saturated carbocycles. The minimum absolute atomic E-state index is 0.0406. The van der Waals surface area contributed by atoms with Gasteiger partial charge in [-0.15, -0.1) is 11.3 Å². The minimum Gasteiger partial charge on any atom is -0.496 e. The van der Waals surface area contributed by atoms with Gasteiger partial charge in [-0.25, -0.2) is 0 Å². The monoisotopic (exact) mass is 282 g/mol. The number of thiophene rings is 1. The van der Waals surface area contributed by atoms with E-state index in [-0.39, 0.29) is 6.04 Å². The Hall–Kier alpha value is -1.07. The van der Waals surface area contributed by atoms with Gasteiger partial charge in [0.1, 0.15) is 5.75 Å². The summed E-state index contributed by atoms with van der Waals surface area (Å²) in [5.41, 5.74) is 3.91. The molecule has 1 heterocycles. The van der Waals surface area contributed by atoms with E-state index in [1.165, 1.54) is 0 Å². The Balaban J connectivity index is 2.17. The van der Waals surface area contributed by atoms with Crippen molar-refractivity contribution in [3.8, 4) is 5.75 Å². The summed E-state index contributed by atoms with van der Waals surface area (Å²) < 4.78 is 5.18. The van der Waals surface area contributed by atoms with E-state index >= 15 is 0 Å². The minimum atomic E-state index is 0.0406.